The van der Waals surface area contributed by atoms with Crippen molar-refractivity contribution in [2.75, 3.05) is 5.75 Å². The second kappa shape index (κ2) is 6.09. The molecule has 0 aliphatic heterocycles. The summed E-state index contributed by atoms with van der Waals surface area (Å²) in [5.41, 5.74) is 5.17. The maximum absolute atomic E-state index is 6.03. The topological polar surface area (TPSA) is 51.8 Å². The molecule has 3 heterocycles. The molecule has 0 unspecified atom stereocenters. The van der Waals surface area contributed by atoms with E-state index in [1.807, 2.05) is 36.4 Å². The molecule has 24 heavy (non-hydrogen) atoms. The third-order valence-electron chi connectivity index (χ3n) is 3.80. The summed E-state index contributed by atoms with van der Waals surface area (Å²) in [5, 5.41) is 1.77. The van der Waals surface area contributed by atoms with Crippen molar-refractivity contribution in [1.82, 2.24) is 15.0 Å². The third kappa shape index (κ3) is 2.47. The van der Waals surface area contributed by atoms with E-state index >= 15 is 0 Å². The Balaban J connectivity index is 1.95. The Morgan fingerprint density at radius 1 is 1.21 bits per heavy atom. The van der Waals surface area contributed by atoms with Crippen LogP contribution in [0.2, 0.25) is 0 Å². The van der Waals surface area contributed by atoms with E-state index in [1.165, 1.54) is 0 Å². The SMILES string of the molecule is C=CCSc1ncnc2c1oc1nc(-c3ccccc3)cc(C)c12. The van der Waals surface area contributed by atoms with Crippen LogP contribution in [0.15, 0.2) is 64.8 Å². The number of fused-ring (bicyclic) bond motifs is 3. The molecule has 118 valence electrons. The van der Waals surface area contributed by atoms with Gasteiger partial charge in [0, 0.05) is 11.3 Å². The van der Waals surface area contributed by atoms with E-state index in [2.05, 4.69) is 29.5 Å². The van der Waals surface area contributed by atoms with Crippen LogP contribution in [-0.4, -0.2) is 20.7 Å². The lowest BCUT2D eigenvalue weighted by molar-refractivity contribution is 0.640. The van der Waals surface area contributed by atoms with Crippen molar-refractivity contribution in [3.8, 4) is 11.3 Å². The van der Waals surface area contributed by atoms with E-state index in [9.17, 15) is 0 Å². The van der Waals surface area contributed by atoms with Gasteiger partial charge in [-0.15, -0.1) is 6.58 Å². The molecule has 4 nitrogen and oxygen atoms in total. The highest BCUT2D eigenvalue weighted by Gasteiger charge is 2.17. The number of pyridine rings is 1. The first-order chi connectivity index (χ1) is 11.8. The van der Waals surface area contributed by atoms with Gasteiger partial charge in [-0.25, -0.2) is 15.0 Å². The maximum Gasteiger partial charge on any atom is 0.229 e. The Morgan fingerprint density at radius 3 is 2.83 bits per heavy atom. The monoisotopic (exact) mass is 333 g/mol. The molecule has 0 N–H and O–H groups in total. The lowest BCUT2D eigenvalue weighted by Gasteiger charge is -2.02. The molecule has 0 radical (unpaired) electrons. The predicted molar refractivity (Wildman–Crippen MR) is 98.2 cm³/mol. The normalized spacial score (nSPS) is 11.2. The van der Waals surface area contributed by atoms with Crippen molar-refractivity contribution < 1.29 is 4.42 Å². The van der Waals surface area contributed by atoms with E-state index < -0.39 is 0 Å². The maximum atomic E-state index is 6.03. The molecular formula is C19H15N3OS. The Kier molecular flexibility index (Phi) is 3.78. The van der Waals surface area contributed by atoms with Gasteiger partial charge in [-0.1, -0.05) is 48.2 Å². The molecule has 0 aliphatic rings. The summed E-state index contributed by atoms with van der Waals surface area (Å²) in [7, 11) is 0. The zero-order valence-electron chi connectivity index (χ0n) is 13.2. The number of benzene rings is 1. The number of nitrogens with zero attached hydrogens (tertiary/aromatic N) is 3. The van der Waals surface area contributed by atoms with E-state index in [0.29, 0.717) is 11.3 Å². The summed E-state index contributed by atoms with van der Waals surface area (Å²) in [6.07, 6.45) is 3.42. The number of aryl methyl sites for hydroxylation is 1. The highest BCUT2D eigenvalue weighted by atomic mass is 32.2. The Morgan fingerprint density at radius 2 is 2.04 bits per heavy atom. The Bertz CT molecular complexity index is 1040. The van der Waals surface area contributed by atoms with Crippen LogP contribution >= 0.6 is 11.8 Å². The highest BCUT2D eigenvalue weighted by molar-refractivity contribution is 7.99. The number of furan rings is 1. The molecule has 0 saturated heterocycles. The van der Waals surface area contributed by atoms with Crippen LogP contribution in [-0.2, 0) is 0 Å². The molecule has 4 aromatic rings. The van der Waals surface area contributed by atoms with Gasteiger partial charge in [-0.2, -0.15) is 0 Å². The average molecular weight is 333 g/mol. The van der Waals surface area contributed by atoms with Crippen molar-refractivity contribution in [2.45, 2.75) is 11.9 Å². The fourth-order valence-electron chi connectivity index (χ4n) is 2.73. The first kappa shape index (κ1) is 14.9. The van der Waals surface area contributed by atoms with E-state index in [0.717, 1.165) is 38.5 Å². The van der Waals surface area contributed by atoms with Crippen LogP contribution < -0.4 is 0 Å². The minimum atomic E-state index is 0.602. The van der Waals surface area contributed by atoms with Crippen molar-refractivity contribution in [3.63, 3.8) is 0 Å². The summed E-state index contributed by atoms with van der Waals surface area (Å²) in [6, 6.07) is 12.2. The third-order valence-corrected chi connectivity index (χ3v) is 4.76. The van der Waals surface area contributed by atoms with Crippen LogP contribution in [0.5, 0.6) is 0 Å². The molecular weight excluding hydrogens is 318 g/mol. The average Bonchev–Trinajstić information content (AvgIpc) is 3.00. The number of aromatic nitrogens is 3. The van der Waals surface area contributed by atoms with Crippen LogP contribution in [0, 0.1) is 6.92 Å². The second-order valence-electron chi connectivity index (χ2n) is 5.43. The lowest BCUT2D eigenvalue weighted by Crippen LogP contribution is -1.87. The smallest absolute Gasteiger partial charge is 0.229 e. The molecule has 0 atom stereocenters. The first-order valence-corrected chi connectivity index (χ1v) is 8.60. The summed E-state index contributed by atoms with van der Waals surface area (Å²) in [4.78, 5) is 13.5. The molecule has 0 fully saturated rings. The fourth-order valence-corrected chi connectivity index (χ4v) is 3.39. The van der Waals surface area contributed by atoms with Crippen molar-refractivity contribution in [1.29, 1.82) is 0 Å². The van der Waals surface area contributed by atoms with E-state index in [4.69, 9.17) is 9.40 Å². The van der Waals surface area contributed by atoms with Gasteiger partial charge in [0.2, 0.25) is 5.71 Å². The summed E-state index contributed by atoms with van der Waals surface area (Å²) >= 11 is 1.58. The zero-order valence-corrected chi connectivity index (χ0v) is 14.0. The predicted octanol–water partition coefficient (Wildman–Crippen LogP) is 5.02. The van der Waals surface area contributed by atoms with Gasteiger partial charge in [0.1, 0.15) is 16.9 Å². The summed E-state index contributed by atoms with van der Waals surface area (Å²) in [5.74, 6) is 0.769. The number of rotatable bonds is 4. The van der Waals surface area contributed by atoms with Crippen molar-refractivity contribution in [2.24, 2.45) is 0 Å². The molecule has 4 rings (SSSR count). The van der Waals surface area contributed by atoms with Crippen molar-refractivity contribution >= 4 is 34.0 Å². The number of hydrogen-bond donors (Lipinski definition) is 0. The van der Waals surface area contributed by atoms with Gasteiger partial charge < -0.3 is 4.42 Å². The standard InChI is InChI=1S/C19H15N3OS/c1-3-9-24-19-17-16(20-11-21-19)15-12(2)10-14(22-18(15)23-17)13-7-5-4-6-8-13/h3-8,10-11H,1,9H2,2H3. The minimum absolute atomic E-state index is 0.602. The van der Waals surface area contributed by atoms with Crippen LogP contribution in [0.1, 0.15) is 5.56 Å². The molecule has 0 aliphatic carbocycles. The van der Waals surface area contributed by atoms with Gasteiger partial charge in [-0.05, 0) is 18.6 Å². The Hall–Kier alpha value is -2.66. The molecule has 5 heteroatoms. The number of hydrogen-bond acceptors (Lipinski definition) is 5. The summed E-state index contributed by atoms with van der Waals surface area (Å²) < 4.78 is 6.03. The quantitative estimate of drug-likeness (QED) is 0.298. The highest BCUT2D eigenvalue weighted by Crippen LogP contribution is 2.35. The molecule has 3 aromatic heterocycles. The Labute approximate surface area is 143 Å². The zero-order chi connectivity index (χ0) is 16.5. The van der Waals surface area contributed by atoms with E-state index in [1.54, 1.807) is 18.1 Å². The summed E-state index contributed by atoms with van der Waals surface area (Å²) in [6.45, 7) is 5.81. The minimum Gasteiger partial charge on any atom is -0.433 e. The fraction of sp³-hybridized carbons (Fsp3) is 0.105. The lowest BCUT2D eigenvalue weighted by atomic mass is 10.1. The first-order valence-electron chi connectivity index (χ1n) is 7.62. The molecule has 0 bridgehead atoms. The van der Waals surface area contributed by atoms with Crippen LogP contribution in [0.25, 0.3) is 33.5 Å². The van der Waals surface area contributed by atoms with Gasteiger partial charge in [0.25, 0.3) is 0 Å². The van der Waals surface area contributed by atoms with Gasteiger partial charge in [0.15, 0.2) is 5.58 Å². The van der Waals surface area contributed by atoms with Crippen molar-refractivity contribution in [3.05, 3.63) is 60.9 Å². The molecule has 0 saturated carbocycles. The van der Waals surface area contributed by atoms with E-state index in [-0.39, 0.29) is 0 Å². The van der Waals surface area contributed by atoms with Crippen LogP contribution in [0.4, 0.5) is 0 Å². The second-order valence-corrected chi connectivity index (χ2v) is 6.44. The molecule has 0 spiro atoms. The molecule has 0 amide bonds. The molecule has 1 aromatic carbocycles. The van der Waals surface area contributed by atoms with Crippen LogP contribution in [0.3, 0.4) is 0 Å². The van der Waals surface area contributed by atoms with Gasteiger partial charge in [-0.3, -0.25) is 0 Å². The largest absolute Gasteiger partial charge is 0.433 e. The number of thioether (sulfide) groups is 1. The van der Waals surface area contributed by atoms with Gasteiger partial charge >= 0.3 is 0 Å². The van der Waals surface area contributed by atoms with Gasteiger partial charge in [0.05, 0.1) is 11.1 Å².